The number of aliphatic carboxylic acids is 1. The maximum atomic E-state index is 12.8. The lowest BCUT2D eigenvalue weighted by molar-refractivity contribution is -0.140. The van der Waals surface area contributed by atoms with Crippen LogP contribution in [0.4, 0.5) is 0 Å². The molecule has 0 radical (unpaired) electrons. The van der Waals surface area contributed by atoms with Gasteiger partial charge in [0.15, 0.2) is 5.78 Å². The molecule has 0 aliphatic heterocycles. The minimum atomic E-state index is -0.933. The van der Waals surface area contributed by atoms with Crippen LogP contribution in [0, 0.1) is 5.41 Å². The largest absolute Gasteiger partial charge is 0.480 e. The SMILES string of the molecule is CCCCCCC1=C(N[C@H](C(=O)O)C(CC)c2ccc(Oc3nccc4ccncc34)cc2)C(C)(C)C1=O. The highest BCUT2D eigenvalue weighted by molar-refractivity contribution is 6.09. The fourth-order valence-electron chi connectivity index (χ4n) is 5.27. The van der Waals surface area contributed by atoms with Gasteiger partial charge in [0.05, 0.1) is 10.8 Å². The van der Waals surface area contributed by atoms with Gasteiger partial charge in [0.25, 0.3) is 0 Å². The summed E-state index contributed by atoms with van der Waals surface area (Å²) >= 11 is 0. The van der Waals surface area contributed by atoms with Gasteiger partial charge in [-0.25, -0.2) is 9.78 Å². The molecule has 2 aromatic heterocycles. The molecule has 4 rings (SSSR count). The zero-order chi connectivity index (χ0) is 27.3. The van der Waals surface area contributed by atoms with Gasteiger partial charge in [0.2, 0.25) is 5.88 Å². The number of carboxylic acid groups (broad SMARTS) is 1. The number of nitrogens with zero attached hydrogens (tertiary/aromatic N) is 2. The van der Waals surface area contributed by atoms with Gasteiger partial charge >= 0.3 is 5.97 Å². The number of carbonyl (C=O) groups excluding carboxylic acids is 1. The number of ether oxygens (including phenoxy) is 1. The average molecular weight is 516 g/mol. The molecule has 0 saturated heterocycles. The highest BCUT2D eigenvalue weighted by atomic mass is 16.5. The number of hydrogen-bond acceptors (Lipinski definition) is 6. The predicted octanol–water partition coefficient (Wildman–Crippen LogP) is 6.79. The number of rotatable bonds is 13. The standard InChI is InChI=1S/C31H37N3O4/c1-5-7-8-9-10-24-27(31(3,4)28(24)35)34-26(30(36)37)23(6-2)20-11-13-22(14-12-20)38-29-25-19-32-17-15-21(25)16-18-33-29/h11-19,23,26,34H,5-10H2,1-4H3,(H,36,37)/t23?,26-/m0/s1. The van der Waals surface area contributed by atoms with Gasteiger partial charge in [-0.1, -0.05) is 45.2 Å². The summed E-state index contributed by atoms with van der Waals surface area (Å²) in [5, 5.41) is 15.3. The fraction of sp³-hybridized carbons (Fsp3) is 0.419. The summed E-state index contributed by atoms with van der Waals surface area (Å²) in [7, 11) is 0. The van der Waals surface area contributed by atoms with E-state index in [9.17, 15) is 14.7 Å². The molecule has 7 nitrogen and oxygen atoms in total. The molecule has 2 N–H and O–H groups in total. The first-order valence-electron chi connectivity index (χ1n) is 13.5. The number of benzene rings is 1. The molecule has 2 atom stereocenters. The maximum Gasteiger partial charge on any atom is 0.326 e. The predicted molar refractivity (Wildman–Crippen MR) is 148 cm³/mol. The second-order valence-corrected chi connectivity index (χ2v) is 10.5. The first-order valence-corrected chi connectivity index (χ1v) is 13.5. The van der Waals surface area contributed by atoms with E-state index in [4.69, 9.17) is 4.74 Å². The fourth-order valence-corrected chi connectivity index (χ4v) is 5.27. The van der Waals surface area contributed by atoms with Gasteiger partial charge in [-0.05, 0) is 68.3 Å². The Morgan fingerprint density at radius 2 is 1.79 bits per heavy atom. The van der Waals surface area contributed by atoms with Crippen molar-refractivity contribution in [3.63, 3.8) is 0 Å². The lowest BCUT2D eigenvalue weighted by atomic mass is 9.67. The molecule has 2 heterocycles. The van der Waals surface area contributed by atoms with Crippen LogP contribution in [-0.2, 0) is 9.59 Å². The van der Waals surface area contributed by atoms with Crippen LogP contribution in [0.3, 0.4) is 0 Å². The molecule has 1 aliphatic carbocycles. The number of hydrogen-bond donors (Lipinski definition) is 2. The summed E-state index contributed by atoms with van der Waals surface area (Å²) in [5.41, 5.74) is 1.73. The van der Waals surface area contributed by atoms with E-state index in [2.05, 4.69) is 22.2 Å². The highest BCUT2D eigenvalue weighted by Crippen LogP contribution is 2.44. The average Bonchev–Trinajstić information content (AvgIpc) is 2.92. The van der Waals surface area contributed by atoms with Gasteiger partial charge < -0.3 is 15.2 Å². The van der Waals surface area contributed by atoms with E-state index in [-0.39, 0.29) is 11.7 Å². The highest BCUT2D eigenvalue weighted by Gasteiger charge is 2.47. The lowest BCUT2D eigenvalue weighted by Gasteiger charge is -2.42. The quantitative estimate of drug-likeness (QED) is 0.242. The molecule has 38 heavy (non-hydrogen) atoms. The molecule has 0 bridgehead atoms. The second kappa shape index (κ2) is 11.8. The van der Waals surface area contributed by atoms with Crippen molar-refractivity contribution in [3.05, 3.63) is 71.8 Å². The minimum Gasteiger partial charge on any atom is -0.480 e. The third-order valence-corrected chi connectivity index (χ3v) is 7.51. The summed E-state index contributed by atoms with van der Waals surface area (Å²) in [4.78, 5) is 33.8. The number of unbranched alkanes of at least 4 members (excludes halogenated alkanes) is 3. The third-order valence-electron chi connectivity index (χ3n) is 7.51. The number of pyridine rings is 2. The summed E-state index contributed by atoms with van der Waals surface area (Å²) in [6.45, 7) is 7.88. The van der Waals surface area contributed by atoms with E-state index in [0.717, 1.165) is 53.3 Å². The van der Waals surface area contributed by atoms with Crippen molar-refractivity contribution in [2.24, 2.45) is 5.41 Å². The van der Waals surface area contributed by atoms with Crippen molar-refractivity contribution in [1.82, 2.24) is 15.3 Å². The Morgan fingerprint density at radius 1 is 1.05 bits per heavy atom. The summed E-state index contributed by atoms with van der Waals surface area (Å²) in [5.74, 6) is -0.0299. The summed E-state index contributed by atoms with van der Waals surface area (Å²) < 4.78 is 6.04. The Morgan fingerprint density at radius 3 is 2.47 bits per heavy atom. The van der Waals surface area contributed by atoms with Gasteiger partial charge in [-0.15, -0.1) is 0 Å². The van der Waals surface area contributed by atoms with Gasteiger partial charge in [0, 0.05) is 35.8 Å². The van der Waals surface area contributed by atoms with Crippen molar-refractivity contribution in [1.29, 1.82) is 0 Å². The first kappa shape index (κ1) is 27.3. The van der Waals surface area contributed by atoms with Crippen LogP contribution in [0.25, 0.3) is 10.8 Å². The topological polar surface area (TPSA) is 101 Å². The van der Waals surface area contributed by atoms with E-state index < -0.39 is 17.4 Å². The number of nitrogens with one attached hydrogen (secondary N) is 1. The molecule has 3 aromatic rings. The zero-order valence-corrected chi connectivity index (χ0v) is 22.7. The number of carbonyl (C=O) groups is 2. The Labute approximate surface area is 224 Å². The molecule has 0 saturated carbocycles. The smallest absolute Gasteiger partial charge is 0.326 e. The molecule has 0 spiro atoms. The monoisotopic (exact) mass is 515 g/mol. The van der Waals surface area contributed by atoms with Crippen LogP contribution >= 0.6 is 0 Å². The van der Waals surface area contributed by atoms with Crippen molar-refractivity contribution in [2.45, 2.75) is 78.2 Å². The van der Waals surface area contributed by atoms with Crippen LogP contribution in [-0.4, -0.2) is 32.9 Å². The van der Waals surface area contributed by atoms with Crippen LogP contribution in [0.2, 0.25) is 0 Å². The van der Waals surface area contributed by atoms with E-state index in [0.29, 0.717) is 24.5 Å². The van der Waals surface area contributed by atoms with E-state index >= 15 is 0 Å². The molecule has 0 fully saturated rings. The van der Waals surface area contributed by atoms with Crippen molar-refractivity contribution < 1.29 is 19.4 Å². The Bertz CT molecular complexity index is 1330. The molecular weight excluding hydrogens is 478 g/mol. The zero-order valence-electron chi connectivity index (χ0n) is 22.7. The number of aromatic nitrogens is 2. The van der Waals surface area contributed by atoms with Crippen molar-refractivity contribution in [2.75, 3.05) is 0 Å². The molecule has 1 unspecified atom stereocenters. The summed E-state index contributed by atoms with van der Waals surface area (Å²) in [6.07, 6.45) is 10.7. The molecule has 1 aromatic carbocycles. The Kier molecular flexibility index (Phi) is 8.45. The van der Waals surface area contributed by atoms with Crippen LogP contribution in [0.5, 0.6) is 11.6 Å². The second-order valence-electron chi connectivity index (χ2n) is 10.5. The Hall–Kier alpha value is -3.74. The normalized spacial score (nSPS) is 16.2. The van der Waals surface area contributed by atoms with Gasteiger partial charge in [-0.3, -0.25) is 9.78 Å². The van der Waals surface area contributed by atoms with E-state index in [1.54, 1.807) is 18.6 Å². The number of carboxylic acids is 1. The Balaban J connectivity index is 1.54. The maximum absolute atomic E-state index is 12.8. The molecule has 7 heteroatoms. The number of ketones is 1. The molecule has 0 amide bonds. The van der Waals surface area contributed by atoms with Crippen LogP contribution < -0.4 is 10.1 Å². The minimum absolute atomic E-state index is 0.118. The lowest BCUT2D eigenvalue weighted by Crippen LogP contribution is -2.52. The molecule has 200 valence electrons. The van der Waals surface area contributed by atoms with Crippen molar-refractivity contribution >= 4 is 22.5 Å². The third kappa shape index (κ3) is 5.57. The van der Waals surface area contributed by atoms with Gasteiger partial charge in [0.1, 0.15) is 11.8 Å². The van der Waals surface area contributed by atoms with Crippen molar-refractivity contribution in [3.8, 4) is 11.6 Å². The van der Waals surface area contributed by atoms with Gasteiger partial charge in [-0.2, -0.15) is 0 Å². The van der Waals surface area contributed by atoms with Crippen LogP contribution in [0.1, 0.15) is 77.7 Å². The van der Waals surface area contributed by atoms with Crippen LogP contribution in [0.15, 0.2) is 66.3 Å². The number of Topliss-reactive ketones (excluding diaryl/α,β-unsaturated/α-hetero) is 1. The van der Waals surface area contributed by atoms with E-state index in [1.807, 2.05) is 57.2 Å². The number of allylic oxidation sites excluding steroid dienone is 2. The molecular formula is C31H37N3O4. The summed E-state index contributed by atoms with van der Waals surface area (Å²) in [6, 6.07) is 10.4. The molecule has 1 aliphatic rings. The number of fused-ring (bicyclic) bond motifs is 1. The first-order chi connectivity index (χ1) is 18.3. The van der Waals surface area contributed by atoms with E-state index in [1.165, 1.54) is 0 Å².